The average molecular weight is 289 g/mol. The minimum Gasteiger partial charge on any atom is -0.365 e. The zero-order valence-electron chi connectivity index (χ0n) is 10.9. The number of rotatable bonds is 3. The van der Waals surface area contributed by atoms with E-state index in [0.717, 1.165) is 30.8 Å². The van der Waals surface area contributed by atoms with Crippen molar-refractivity contribution in [1.29, 1.82) is 0 Å². The Morgan fingerprint density at radius 2 is 2.10 bits per heavy atom. The van der Waals surface area contributed by atoms with Gasteiger partial charge >= 0.3 is 0 Å². The summed E-state index contributed by atoms with van der Waals surface area (Å²) in [6.07, 6.45) is 8.28. The molecule has 2 aromatic rings. The van der Waals surface area contributed by atoms with E-state index in [1.54, 1.807) is 24.7 Å². The molecule has 1 saturated heterocycles. The summed E-state index contributed by atoms with van der Waals surface area (Å²) in [6, 6.07) is 1.93. The maximum absolute atomic E-state index is 11.2. The van der Waals surface area contributed by atoms with Crippen molar-refractivity contribution in [2.24, 2.45) is 5.73 Å². The molecule has 2 aromatic heterocycles. The molecule has 1 fully saturated rings. The quantitative estimate of drug-likeness (QED) is 0.930. The van der Waals surface area contributed by atoms with Gasteiger partial charge in [0.25, 0.3) is 5.91 Å². The first-order valence-electron chi connectivity index (χ1n) is 6.55. The number of nitrogens with two attached hydrogens (primary N) is 1. The van der Waals surface area contributed by atoms with Gasteiger partial charge in [0.05, 0.1) is 12.2 Å². The van der Waals surface area contributed by atoms with Crippen molar-refractivity contribution >= 4 is 23.2 Å². The van der Waals surface area contributed by atoms with Crippen LogP contribution in [-0.2, 0) is 0 Å². The lowest BCUT2D eigenvalue weighted by atomic mass is 10.0. The van der Waals surface area contributed by atoms with Gasteiger partial charge in [-0.25, -0.2) is 15.0 Å². The third-order valence-electron chi connectivity index (χ3n) is 3.36. The van der Waals surface area contributed by atoms with Gasteiger partial charge < -0.3 is 10.6 Å². The van der Waals surface area contributed by atoms with Gasteiger partial charge in [0, 0.05) is 18.9 Å². The van der Waals surface area contributed by atoms with E-state index in [2.05, 4.69) is 19.9 Å². The monoisotopic (exact) mass is 289 g/mol. The SMILES string of the molecule is NC(=O)c1cnc([C@@H]2CCCCN2c2ncccn2)s1. The molecule has 1 atom stereocenters. The van der Waals surface area contributed by atoms with Crippen molar-refractivity contribution < 1.29 is 4.79 Å². The Morgan fingerprint density at radius 1 is 1.30 bits per heavy atom. The molecule has 20 heavy (non-hydrogen) atoms. The van der Waals surface area contributed by atoms with E-state index < -0.39 is 5.91 Å². The zero-order chi connectivity index (χ0) is 13.9. The molecule has 7 heteroatoms. The summed E-state index contributed by atoms with van der Waals surface area (Å²) < 4.78 is 0. The van der Waals surface area contributed by atoms with Crippen LogP contribution in [0.4, 0.5) is 5.95 Å². The highest BCUT2D eigenvalue weighted by molar-refractivity contribution is 7.13. The molecule has 1 amide bonds. The first-order chi connectivity index (χ1) is 9.75. The fourth-order valence-electron chi connectivity index (χ4n) is 2.42. The summed E-state index contributed by atoms with van der Waals surface area (Å²) >= 11 is 1.36. The van der Waals surface area contributed by atoms with E-state index in [9.17, 15) is 4.79 Å². The Labute approximate surface area is 120 Å². The molecule has 0 saturated carbocycles. The van der Waals surface area contributed by atoms with Gasteiger partial charge in [0.1, 0.15) is 9.88 Å². The molecule has 3 rings (SSSR count). The summed E-state index contributed by atoms with van der Waals surface area (Å²) in [5, 5.41) is 0.908. The van der Waals surface area contributed by atoms with Gasteiger partial charge in [0.15, 0.2) is 0 Å². The number of amides is 1. The number of carbonyl (C=O) groups is 1. The van der Waals surface area contributed by atoms with Crippen LogP contribution in [0.15, 0.2) is 24.7 Å². The van der Waals surface area contributed by atoms with Crippen LogP contribution in [0.3, 0.4) is 0 Å². The predicted molar refractivity (Wildman–Crippen MR) is 76.6 cm³/mol. The van der Waals surface area contributed by atoms with Crippen LogP contribution in [0.1, 0.15) is 40.0 Å². The highest BCUT2D eigenvalue weighted by atomic mass is 32.1. The molecule has 0 bridgehead atoms. The highest BCUT2D eigenvalue weighted by Crippen LogP contribution is 2.35. The van der Waals surface area contributed by atoms with E-state index >= 15 is 0 Å². The number of hydrogen-bond donors (Lipinski definition) is 1. The number of piperidine rings is 1. The van der Waals surface area contributed by atoms with Crippen LogP contribution >= 0.6 is 11.3 Å². The summed E-state index contributed by atoms with van der Waals surface area (Å²) in [6.45, 7) is 0.903. The van der Waals surface area contributed by atoms with Gasteiger partial charge in [-0.2, -0.15) is 0 Å². The van der Waals surface area contributed by atoms with E-state index in [0.29, 0.717) is 10.8 Å². The van der Waals surface area contributed by atoms with Crippen molar-refractivity contribution in [2.75, 3.05) is 11.4 Å². The maximum atomic E-state index is 11.2. The molecule has 104 valence electrons. The van der Waals surface area contributed by atoms with Crippen LogP contribution < -0.4 is 10.6 Å². The largest absolute Gasteiger partial charge is 0.365 e. The van der Waals surface area contributed by atoms with E-state index in [4.69, 9.17) is 5.73 Å². The molecule has 0 aliphatic carbocycles. The lowest BCUT2D eigenvalue weighted by molar-refractivity contribution is 0.100. The Hall–Kier alpha value is -2.02. The minimum atomic E-state index is -0.424. The lowest BCUT2D eigenvalue weighted by Crippen LogP contribution is -2.34. The van der Waals surface area contributed by atoms with Crippen molar-refractivity contribution in [1.82, 2.24) is 15.0 Å². The van der Waals surface area contributed by atoms with Crippen LogP contribution in [0, 0.1) is 0 Å². The number of thiazole rings is 1. The highest BCUT2D eigenvalue weighted by Gasteiger charge is 2.28. The Balaban J connectivity index is 1.90. The third-order valence-corrected chi connectivity index (χ3v) is 4.48. The average Bonchev–Trinajstić information content (AvgIpc) is 2.98. The minimum absolute atomic E-state index is 0.129. The summed E-state index contributed by atoms with van der Waals surface area (Å²) in [5.41, 5.74) is 5.30. The van der Waals surface area contributed by atoms with E-state index in [-0.39, 0.29) is 6.04 Å². The molecule has 6 nitrogen and oxygen atoms in total. The molecule has 1 aliphatic heterocycles. The Morgan fingerprint density at radius 3 is 2.80 bits per heavy atom. The maximum Gasteiger partial charge on any atom is 0.260 e. The van der Waals surface area contributed by atoms with Crippen LogP contribution in [0.2, 0.25) is 0 Å². The van der Waals surface area contributed by atoms with Gasteiger partial charge in [-0.15, -0.1) is 11.3 Å². The number of carbonyl (C=O) groups excluding carboxylic acids is 1. The number of hydrogen-bond acceptors (Lipinski definition) is 6. The van der Waals surface area contributed by atoms with Gasteiger partial charge in [-0.05, 0) is 25.3 Å². The smallest absolute Gasteiger partial charge is 0.260 e. The number of anilines is 1. The molecule has 0 radical (unpaired) electrons. The first kappa shape index (κ1) is 13.0. The van der Waals surface area contributed by atoms with Gasteiger partial charge in [-0.1, -0.05) is 0 Å². The zero-order valence-corrected chi connectivity index (χ0v) is 11.7. The predicted octanol–water partition coefficient (Wildman–Crippen LogP) is 1.76. The fraction of sp³-hybridized carbons (Fsp3) is 0.385. The second-order valence-electron chi connectivity index (χ2n) is 4.68. The summed E-state index contributed by atoms with van der Waals surface area (Å²) in [4.78, 5) is 26.9. The molecule has 0 aromatic carbocycles. The van der Waals surface area contributed by atoms with E-state index in [1.165, 1.54) is 11.3 Å². The van der Waals surface area contributed by atoms with Crippen molar-refractivity contribution in [3.63, 3.8) is 0 Å². The number of nitrogens with zero attached hydrogens (tertiary/aromatic N) is 4. The topological polar surface area (TPSA) is 85.0 Å². The third kappa shape index (κ3) is 2.49. The lowest BCUT2D eigenvalue weighted by Gasteiger charge is -2.34. The van der Waals surface area contributed by atoms with Crippen LogP contribution in [-0.4, -0.2) is 27.4 Å². The Bertz CT molecular complexity index is 600. The second kappa shape index (κ2) is 5.54. The molecule has 3 heterocycles. The van der Waals surface area contributed by atoms with Gasteiger partial charge in [-0.3, -0.25) is 4.79 Å². The van der Waals surface area contributed by atoms with E-state index in [1.807, 2.05) is 0 Å². The van der Waals surface area contributed by atoms with Crippen LogP contribution in [0.25, 0.3) is 0 Å². The Kier molecular flexibility index (Phi) is 3.60. The molecule has 0 spiro atoms. The summed E-state index contributed by atoms with van der Waals surface area (Å²) in [7, 11) is 0. The molecular formula is C13H15N5OS. The van der Waals surface area contributed by atoms with Crippen molar-refractivity contribution in [2.45, 2.75) is 25.3 Å². The van der Waals surface area contributed by atoms with Crippen molar-refractivity contribution in [3.8, 4) is 0 Å². The van der Waals surface area contributed by atoms with Crippen molar-refractivity contribution in [3.05, 3.63) is 34.5 Å². The van der Waals surface area contributed by atoms with Gasteiger partial charge in [0.2, 0.25) is 5.95 Å². The fourth-order valence-corrected chi connectivity index (χ4v) is 3.34. The molecular weight excluding hydrogens is 274 g/mol. The normalized spacial score (nSPS) is 19.0. The molecule has 1 aliphatic rings. The van der Waals surface area contributed by atoms with Crippen LogP contribution in [0.5, 0.6) is 0 Å². The second-order valence-corrected chi connectivity index (χ2v) is 5.74. The molecule has 2 N–H and O–H groups in total. The first-order valence-corrected chi connectivity index (χ1v) is 7.36. The number of primary amides is 1. The number of aromatic nitrogens is 3. The molecule has 0 unspecified atom stereocenters. The standard InChI is InChI=1S/C13H15N5OS/c14-11(19)10-8-17-12(20-10)9-4-1-2-7-18(9)13-15-5-3-6-16-13/h3,5-6,8-9H,1-2,4,7H2,(H2,14,19)/t9-/m0/s1. The summed E-state index contributed by atoms with van der Waals surface area (Å²) in [5.74, 6) is 0.292.